The number of hydrogen-bond donors (Lipinski definition) is 0. The Morgan fingerprint density at radius 3 is 1.37 bits per heavy atom. The fraction of sp³-hybridized carbons (Fsp3) is 0.513. The van der Waals surface area contributed by atoms with Gasteiger partial charge >= 0.3 is 47.8 Å². The van der Waals surface area contributed by atoms with Crippen LogP contribution in [-0.2, 0) is 85.7 Å². The molecule has 10 atom stereocenters. The minimum atomic E-state index is -1.93. The monoisotopic (exact) mass is 891 g/mol. The highest BCUT2D eigenvalue weighted by Crippen LogP contribution is 2.37. The van der Waals surface area contributed by atoms with E-state index in [1.807, 2.05) is 0 Å². The second-order valence-corrected chi connectivity index (χ2v) is 14.1. The molecule has 3 heterocycles. The highest BCUT2D eigenvalue weighted by atomic mass is 32.1. The molecule has 0 bridgehead atoms. The van der Waals surface area contributed by atoms with Crippen LogP contribution in [0.4, 0.5) is 0 Å². The second kappa shape index (κ2) is 21.5. The number of esters is 8. The van der Waals surface area contributed by atoms with Crippen molar-refractivity contribution in [2.75, 3.05) is 13.2 Å². The molecule has 1 aromatic heterocycles. The first kappa shape index (κ1) is 48.3. The van der Waals surface area contributed by atoms with Gasteiger partial charge in [0.15, 0.2) is 49.1 Å². The van der Waals surface area contributed by atoms with E-state index in [4.69, 9.17) is 59.6 Å². The van der Waals surface area contributed by atoms with Gasteiger partial charge in [0, 0.05) is 55.4 Å². The molecule has 1 aromatic carbocycles. The number of carbonyl (C=O) groups excluding carboxylic acids is 8. The van der Waals surface area contributed by atoms with E-state index >= 15 is 0 Å². The first-order valence-corrected chi connectivity index (χ1v) is 19.2. The van der Waals surface area contributed by atoms with Gasteiger partial charge in [0.2, 0.25) is 4.77 Å². The number of rotatable bonds is 14. The molecule has 22 nitrogen and oxygen atoms in total. The SMILES string of the molecule is CC(=O)OC[C@H]1O[C@@H](n2nc(/C=C/c3ccccc3)c(=O)n([C@@H]3O[C@H](COC(C)=O)[C@@H](OC(C)=O)[C@H](OC(C)=O)[C@H]3OC(C)=O)c2=S)[C@H](OC(C)=O)[C@@H](OC(C)=O)[C@@H]1OC(C)=O. The molecule has 0 unspecified atom stereocenters. The van der Waals surface area contributed by atoms with Crippen LogP contribution < -0.4 is 5.56 Å². The number of hydrogen-bond acceptors (Lipinski definition) is 21. The highest BCUT2D eigenvalue weighted by Gasteiger charge is 2.56. The third-order valence-corrected chi connectivity index (χ3v) is 9.10. The zero-order valence-corrected chi connectivity index (χ0v) is 35.6. The summed E-state index contributed by atoms with van der Waals surface area (Å²) in [6.07, 6.45) is -14.4. The van der Waals surface area contributed by atoms with Gasteiger partial charge in [0.1, 0.15) is 31.1 Å². The van der Waals surface area contributed by atoms with Crippen LogP contribution in [0.3, 0.4) is 0 Å². The summed E-state index contributed by atoms with van der Waals surface area (Å²) in [7, 11) is 0. The molecule has 0 radical (unpaired) electrons. The van der Waals surface area contributed by atoms with Gasteiger partial charge in [0.25, 0.3) is 5.56 Å². The molecule has 0 saturated carbocycles. The lowest BCUT2D eigenvalue weighted by Gasteiger charge is -2.45. The van der Waals surface area contributed by atoms with E-state index in [2.05, 4.69) is 5.10 Å². The van der Waals surface area contributed by atoms with Crippen LogP contribution in [0.2, 0.25) is 0 Å². The van der Waals surface area contributed by atoms with Crippen molar-refractivity contribution < 1.29 is 85.7 Å². The van der Waals surface area contributed by atoms with Crippen molar-refractivity contribution in [3.8, 4) is 0 Å². The number of benzene rings is 1. The molecule has 23 heteroatoms. The van der Waals surface area contributed by atoms with Crippen molar-refractivity contribution in [3.05, 3.63) is 56.7 Å². The lowest BCUT2D eigenvalue weighted by Crippen LogP contribution is -2.62. The molecule has 2 saturated heterocycles. The summed E-state index contributed by atoms with van der Waals surface area (Å²) < 4.78 is 57.3. The quantitative estimate of drug-likeness (QED) is 0.148. The van der Waals surface area contributed by atoms with Crippen LogP contribution in [0.5, 0.6) is 0 Å². The number of carbonyl (C=O) groups is 8. The zero-order chi connectivity index (χ0) is 46.0. The van der Waals surface area contributed by atoms with Crippen LogP contribution >= 0.6 is 12.2 Å². The van der Waals surface area contributed by atoms with Crippen LogP contribution in [0, 0.1) is 4.77 Å². The molecule has 62 heavy (non-hydrogen) atoms. The topological polar surface area (TPSA) is 269 Å². The van der Waals surface area contributed by atoms with Gasteiger partial charge in [-0.3, -0.25) is 47.7 Å². The lowest BCUT2D eigenvalue weighted by atomic mass is 9.96. The van der Waals surface area contributed by atoms with E-state index < -0.39 is 138 Å². The average Bonchev–Trinajstić information content (AvgIpc) is 3.16. The Morgan fingerprint density at radius 1 is 0.565 bits per heavy atom. The van der Waals surface area contributed by atoms with Gasteiger partial charge in [-0.15, -0.1) is 0 Å². The molecular formula is C39H45N3O19S. The van der Waals surface area contributed by atoms with Gasteiger partial charge in [-0.05, 0) is 23.9 Å². The van der Waals surface area contributed by atoms with Crippen LogP contribution in [0.25, 0.3) is 12.2 Å². The molecule has 0 aliphatic carbocycles. The van der Waals surface area contributed by atoms with Crippen molar-refractivity contribution in [2.24, 2.45) is 0 Å². The Bertz CT molecular complexity index is 2190. The number of aromatic nitrogens is 3. The molecule has 2 aromatic rings. The van der Waals surface area contributed by atoms with Crippen LogP contribution in [0.15, 0.2) is 35.1 Å². The third kappa shape index (κ3) is 12.6. The number of ether oxygens (including phenoxy) is 10. The minimum absolute atomic E-state index is 0.442. The minimum Gasteiger partial charge on any atom is -0.463 e. The van der Waals surface area contributed by atoms with E-state index in [0.29, 0.717) is 5.56 Å². The standard InChI is InChI=1S/C39H45N3O19S/c1-18(43)52-16-28-30(54-20(3)45)32(56-22(5)47)34(58-24(7)49)37(60-28)41-36(51)27(15-14-26-12-10-9-11-13-26)40-42(39(41)62)38-35(59-25(8)50)33(57-23(6)48)31(55-21(4)46)29(61-38)17-53-19(2)44/h9-15,28-35,37-38H,16-17H2,1-8H3/b15-14+/t28-,29-,30-,31-,32+,33+,34-,35-,37-,38-/m1/s1. The Hall–Kier alpha value is -6.33. The highest BCUT2D eigenvalue weighted by molar-refractivity contribution is 7.71. The summed E-state index contributed by atoms with van der Waals surface area (Å²) in [4.78, 5) is 114. The summed E-state index contributed by atoms with van der Waals surface area (Å²) >= 11 is 5.89. The van der Waals surface area contributed by atoms with Gasteiger partial charge in [-0.1, -0.05) is 36.4 Å². The Labute approximate surface area is 358 Å². The summed E-state index contributed by atoms with van der Waals surface area (Å²) in [5.41, 5.74) is -0.901. The predicted octanol–water partition coefficient (Wildman–Crippen LogP) is 1.46. The van der Waals surface area contributed by atoms with Crippen LogP contribution in [-0.4, -0.2) is 124 Å². The first-order valence-electron chi connectivity index (χ1n) is 18.8. The van der Waals surface area contributed by atoms with E-state index in [1.54, 1.807) is 30.3 Å². The van der Waals surface area contributed by atoms with Gasteiger partial charge < -0.3 is 47.4 Å². The summed E-state index contributed by atoms with van der Waals surface area (Å²) in [6, 6.07) is 8.57. The maximum atomic E-state index is 14.8. The first-order chi connectivity index (χ1) is 29.2. The Kier molecular flexibility index (Phi) is 16.7. The molecule has 2 aliphatic heterocycles. The smallest absolute Gasteiger partial charge is 0.303 e. The largest absolute Gasteiger partial charge is 0.463 e. The summed E-state index contributed by atoms with van der Waals surface area (Å²) in [5.74, 6) is -7.28. The molecule has 0 N–H and O–H groups in total. The van der Waals surface area contributed by atoms with Gasteiger partial charge in [-0.2, -0.15) is 5.10 Å². The maximum absolute atomic E-state index is 14.8. The fourth-order valence-corrected chi connectivity index (χ4v) is 6.90. The van der Waals surface area contributed by atoms with Crippen LogP contribution in [0.1, 0.15) is 79.1 Å². The third-order valence-electron chi connectivity index (χ3n) is 8.72. The fourth-order valence-electron chi connectivity index (χ4n) is 6.57. The van der Waals surface area contributed by atoms with Crippen molar-refractivity contribution >= 4 is 72.1 Å². The van der Waals surface area contributed by atoms with Crippen molar-refractivity contribution in [2.45, 2.75) is 117 Å². The molecular weight excluding hydrogens is 846 g/mol. The average molecular weight is 892 g/mol. The van der Waals surface area contributed by atoms with E-state index in [1.165, 1.54) is 12.2 Å². The predicted molar refractivity (Wildman–Crippen MR) is 207 cm³/mol. The lowest BCUT2D eigenvalue weighted by molar-refractivity contribution is -0.274. The van der Waals surface area contributed by atoms with E-state index in [-0.39, 0.29) is 0 Å². The molecule has 0 spiro atoms. The zero-order valence-electron chi connectivity index (χ0n) is 34.7. The Morgan fingerprint density at radius 2 is 0.952 bits per heavy atom. The molecule has 2 fully saturated rings. The number of nitrogens with zero attached hydrogens (tertiary/aromatic N) is 3. The summed E-state index contributed by atoms with van der Waals surface area (Å²) in [5, 5.41) is 4.47. The normalized spacial score (nSPS) is 25.7. The molecule has 336 valence electrons. The summed E-state index contributed by atoms with van der Waals surface area (Å²) in [6.45, 7) is 6.93. The Balaban J connectivity index is 2.12. The van der Waals surface area contributed by atoms with Gasteiger partial charge in [-0.25, -0.2) is 4.68 Å². The molecule has 2 aliphatic rings. The molecule has 4 rings (SSSR count). The van der Waals surface area contributed by atoms with Crippen molar-refractivity contribution in [3.63, 3.8) is 0 Å². The van der Waals surface area contributed by atoms with E-state index in [0.717, 1.165) is 64.6 Å². The van der Waals surface area contributed by atoms with E-state index in [9.17, 15) is 43.2 Å². The van der Waals surface area contributed by atoms with Crippen molar-refractivity contribution in [1.29, 1.82) is 0 Å². The second-order valence-electron chi connectivity index (χ2n) is 13.7. The van der Waals surface area contributed by atoms with Crippen molar-refractivity contribution in [1.82, 2.24) is 14.3 Å². The van der Waals surface area contributed by atoms with Gasteiger partial charge in [0.05, 0.1) is 0 Å². The molecule has 0 amide bonds. The maximum Gasteiger partial charge on any atom is 0.303 e.